The van der Waals surface area contributed by atoms with Gasteiger partial charge in [-0.2, -0.15) is 4.98 Å². The van der Waals surface area contributed by atoms with E-state index in [0.29, 0.717) is 36.9 Å². The van der Waals surface area contributed by atoms with E-state index < -0.39 is 0 Å². The first-order valence-electron chi connectivity index (χ1n) is 8.12. The Labute approximate surface area is 140 Å². The first kappa shape index (κ1) is 16.6. The van der Waals surface area contributed by atoms with Crippen molar-refractivity contribution < 1.29 is 13.7 Å². The second-order valence-corrected chi connectivity index (χ2v) is 6.28. The van der Waals surface area contributed by atoms with Crippen LogP contribution in [0.5, 0.6) is 0 Å². The third-order valence-electron chi connectivity index (χ3n) is 4.09. The molecule has 128 valence electrons. The normalized spacial score (nSPS) is 15.9. The van der Waals surface area contributed by atoms with E-state index in [1.165, 1.54) is 12.1 Å². The number of hydrogen-bond acceptors (Lipinski definition) is 5. The van der Waals surface area contributed by atoms with Gasteiger partial charge in [-0.3, -0.25) is 9.69 Å². The van der Waals surface area contributed by atoms with Crippen LogP contribution >= 0.6 is 0 Å². The lowest BCUT2D eigenvalue weighted by Gasteiger charge is -2.34. The van der Waals surface area contributed by atoms with Crippen molar-refractivity contribution in [2.75, 3.05) is 26.2 Å². The van der Waals surface area contributed by atoms with E-state index in [-0.39, 0.29) is 17.6 Å². The summed E-state index contributed by atoms with van der Waals surface area (Å²) in [5, 5.41) is 3.92. The first-order valence-corrected chi connectivity index (χ1v) is 8.12. The van der Waals surface area contributed by atoms with Crippen molar-refractivity contribution in [3.05, 3.63) is 36.0 Å². The lowest BCUT2D eigenvalue weighted by atomic mass is 10.1. The Morgan fingerprint density at radius 2 is 2.04 bits per heavy atom. The van der Waals surface area contributed by atoms with Gasteiger partial charge < -0.3 is 9.42 Å². The Balaban J connectivity index is 1.57. The molecular weight excluding hydrogens is 311 g/mol. The summed E-state index contributed by atoms with van der Waals surface area (Å²) in [5.41, 5.74) is 0.595. The minimum Gasteiger partial charge on any atom is -0.340 e. The Morgan fingerprint density at radius 1 is 1.29 bits per heavy atom. The summed E-state index contributed by atoms with van der Waals surface area (Å²) < 4.78 is 18.5. The third-order valence-corrected chi connectivity index (χ3v) is 4.09. The predicted molar refractivity (Wildman–Crippen MR) is 86.4 cm³/mol. The molecule has 1 saturated heterocycles. The smallest absolute Gasteiger partial charge is 0.241 e. The number of piperazine rings is 1. The molecule has 0 N–H and O–H groups in total. The van der Waals surface area contributed by atoms with Gasteiger partial charge >= 0.3 is 0 Å². The average Bonchev–Trinajstić information content (AvgIpc) is 3.03. The van der Waals surface area contributed by atoms with Crippen LogP contribution in [0.25, 0.3) is 11.4 Å². The maximum absolute atomic E-state index is 13.3. The molecular formula is C17H21FN4O2. The summed E-state index contributed by atoms with van der Waals surface area (Å²) in [6, 6.07) is 6.12. The number of carbonyl (C=O) groups excluding carboxylic acids is 1. The summed E-state index contributed by atoms with van der Waals surface area (Å²) in [6.45, 7) is 7.34. The van der Waals surface area contributed by atoms with Gasteiger partial charge in [0.25, 0.3) is 0 Å². The summed E-state index contributed by atoms with van der Waals surface area (Å²) in [5.74, 6) is 0.781. The highest BCUT2D eigenvalue weighted by molar-refractivity contribution is 5.78. The standard InChI is InChI=1S/C17H21FN4O2/c1-12(2)17(23)22-8-6-21(7-9-22)11-15-19-16(20-24-15)13-4-3-5-14(18)10-13/h3-5,10,12H,6-9,11H2,1-2H3. The van der Waals surface area contributed by atoms with Gasteiger partial charge in [0.15, 0.2) is 0 Å². The highest BCUT2D eigenvalue weighted by Crippen LogP contribution is 2.18. The van der Waals surface area contributed by atoms with E-state index >= 15 is 0 Å². The number of rotatable bonds is 4. The molecule has 1 aliphatic rings. The van der Waals surface area contributed by atoms with E-state index in [2.05, 4.69) is 15.0 Å². The van der Waals surface area contributed by atoms with Gasteiger partial charge in [-0.05, 0) is 12.1 Å². The van der Waals surface area contributed by atoms with Crippen LogP contribution in [0.2, 0.25) is 0 Å². The van der Waals surface area contributed by atoms with Gasteiger partial charge in [-0.1, -0.05) is 31.1 Å². The Hall–Kier alpha value is -2.28. The summed E-state index contributed by atoms with van der Waals surface area (Å²) in [6.07, 6.45) is 0. The Bertz CT molecular complexity index is 708. The number of carbonyl (C=O) groups is 1. The van der Waals surface area contributed by atoms with Crippen LogP contribution < -0.4 is 0 Å². The molecule has 1 aliphatic heterocycles. The molecule has 3 rings (SSSR count). The molecule has 2 aromatic rings. The van der Waals surface area contributed by atoms with Gasteiger partial charge in [0.2, 0.25) is 17.6 Å². The van der Waals surface area contributed by atoms with Gasteiger partial charge in [-0.25, -0.2) is 4.39 Å². The van der Waals surface area contributed by atoms with Crippen LogP contribution in [0, 0.1) is 11.7 Å². The van der Waals surface area contributed by atoms with Gasteiger partial charge in [0, 0.05) is 37.7 Å². The lowest BCUT2D eigenvalue weighted by Crippen LogP contribution is -2.49. The van der Waals surface area contributed by atoms with Crippen LogP contribution in [0.1, 0.15) is 19.7 Å². The molecule has 1 fully saturated rings. The molecule has 1 aromatic heterocycles. The second-order valence-electron chi connectivity index (χ2n) is 6.28. The zero-order chi connectivity index (χ0) is 17.1. The van der Waals surface area contributed by atoms with E-state index in [9.17, 15) is 9.18 Å². The fraction of sp³-hybridized carbons (Fsp3) is 0.471. The van der Waals surface area contributed by atoms with Crippen molar-refractivity contribution in [1.82, 2.24) is 19.9 Å². The molecule has 0 bridgehead atoms. The molecule has 0 atom stereocenters. The highest BCUT2D eigenvalue weighted by atomic mass is 19.1. The van der Waals surface area contributed by atoms with Crippen LogP contribution in [0.4, 0.5) is 4.39 Å². The fourth-order valence-corrected chi connectivity index (χ4v) is 2.75. The quantitative estimate of drug-likeness (QED) is 0.859. The largest absolute Gasteiger partial charge is 0.340 e. The Morgan fingerprint density at radius 3 is 2.71 bits per heavy atom. The SMILES string of the molecule is CC(C)C(=O)N1CCN(Cc2nc(-c3cccc(F)c3)no2)CC1. The van der Waals surface area contributed by atoms with Crippen molar-refractivity contribution in [1.29, 1.82) is 0 Å². The van der Waals surface area contributed by atoms with E-state index in [1.54, 1.807) is 12.1 Å². The topological polar surface area (TPSA) is 62.5 Å². The summed E-state index contributed by atoms with van der Waals surface area (Å²) in [4.78, 5) is 20.4. The number of amides is 1. The molecule has 2 heterocycles. The van der Waals surface area contributed by atoms with Crippen molar-refractivity contribution >= 4 is 5.91 Å². The molecule has 0 aliphatic carbocycles. The van der Waals surface area contributed by atoms with Crippen LogP contribution in [0.15, 0.2) is 28.8 Å². The second kappa shape index (κ2) is 7.09. The van der Waals surface area contributed by atoms with Gasteiger partial charge in [-0.15, -0.1) is 0 Å². The van der Waals surface area contributed by atoms with Gasteiger partial charge in [0.05, 0.1) is 6.54 Å². The Kier molecular flexibility index (Phi) is 4.89. The monoisotopic (exact) mass is 332 g/mol. The zero-order valence-electron chi connectivity index (χ0n) is 13.9. The number of nitrogens with zero attached hydrogens (tertiary/aromatic N) is 4. The molecule has 1 aromatic carbocycles. The lowest BCUT2D eigenvalue weighted by molar-refractivity contribution is -0.136. The highest BCUT2D eigenvalue weighted by Gasteiger charge is 2.24. The van der Waals surface area contributed by atoms with Crippen LogP contribution in [0.3, 0.4) is 0 Å². The van der Waals surface area contributed by atoms with E-state index in [0.717, 1.165) is 13.1 Å². The van der Waals surface area contributed by atoms with Crippen molar-refractivity contribution in [2.24, 2.45) is 5.92 Å². The predicted octanol–water partition coefficient (Wildman–Crippen LogP) is 2.18. The minimum atomic E-state index is -0.329. The molecule has 0 unspecified atom stereocenters. The fourth-order valence-electron chi connectivity index (χ4n) is 2.75. The maximum Gasteiger partial charge on any atom is 0.241 e. The van der Waals surface area contributed by atoms with Crippen molar-refractivity contribution in [3.8, 4) is 11.4 Å². The summed E-state index contributed by atoms with van der Waals surface area (Å²) >= 11 is 0. The molecule has 7 heteroatoms. The summed E-state index contributed by atoms with van der Waals surface area (Å²) in [7, 11) is 0. The van der Waals surface area contributed by atoms with E-state index in [4.69, 9.17) is 4.52 Å². The molecule has 0 radical (unpaired) electrons. The van der Waals surface area contributed by atoms with E-state index in [1.807, 2.05) is 18.7 Å². The molecule has 1 amide bonds. The number of benzene rings is 1. The third kappa shape index (κ3) is 3.79. The van der Waals surface area contributed by atoms with Crippen LogP contribution in [-0.4, -0.2) is 52.0 Å². The number of halogens is 1. The molecule has 6 nitrogen and oxygen atoms in total. The number of hydrogen-bond donors (Lipinski definition) is 0. The van der Waals surface area contributed by atoms with Crippen LogP contribution in [-0.2, 0) is 11.3 Å². The number of aromatic nitrogens is 2. The molecule has 0 spiro atoms. The zero-order valence-corrected chi connectivity index (χ0v) is 13.9. The molecule has 0 saturated carbocycles. The van der Waals surface area contributed by atoms with Gasteiger partial charge in [0.1, 0.15) is 5.82 Å². The maximum atomic E-state index is 13.3. The average molecular weight is 332 g/mol. The molecule has 24 heavy (non-hydrogen) atoms. The minimum absolute atomic E-state index is 0.0290. The van der Waals surface area contributed by atoms with Crippen molar-refractivity contribution in [3.63, 3.8) is 0 Å². The van der Waals surface area contributed by atoms with Crippen molar-refractivity contribution in [2.45, 2.75) is 20.4 Å². The first-order chi connectivity index (χ1) is 11.5.